The third kappa shape index (κ3) is 8.51. The Labute approximate surface area is 108 Å². The maximum atomic E-state index is 9.75. The quantitative estimate of drug-likeness (QED) is 0.430. The van der Waals surface area contributed by atoms with Gasteiger partial charge >= 0.3 is 7.25 Å². The van der Waals surface area contributed by atoms with Crippen LogP contribution >= 0.6 is 7.92 Å². The smallest absolute Gasteiger partial charge is 0.418 e. The standard InChI is InChI=1S/C12H19P.BF4/c1-10(2)13(11(3)4)12-8-6-5-7-9-12;2-1(3,4)5/h5-11H,1-4H3;/q;-1/p+1. The lowest BCUT2D eigenvalue weighted by Gasteiger charge is -2.17. The number of rotatable bonds is 3. The Morgan fingerprint density at radius 3 is 1.44 bits per heavy atom. The average molecular weight is 282 g/mol. The summed E-state index contributed by atoms with van der Waals surface area (Å²) >= 11 is 0. The van der Waals surface area contributed by atoms with Crippen molar-refractivity contribution >= 4 is 20.5 Å². The minimum atomic E-state index is -6.00. The molecular weight excluding hydrogens is 262 g/mol. The summed E-state index contributed by atoms with van der Waals surface area (Å²) in [6, 6.07) is 11.0. The van der Waals surface area contributed by atoms with Gasteiger partial charge in [0.1, 0.15) is 0 Å². The molecule has 0 aliphatic carbocycles. The van der Waals surface area contributed by atoms with E-state index in [-0.39, 0.29) is 7.92 Å². The summed E-state index contributed by atoms with van der Waals surface area (Å²) < 4.78 is 39.0. The molecule has 0 saturated heterocycles. The van der Waals surface area contributed by atoms with Crippen LogP contribution in [0.3, 0.4) is 0 Å². The van der Waals surface area contributed by atoms with Crippen molar-refractivity contribution in [3.05, 3.63) is 30.3 Å². The van der Waals surface area contributed by atoms with Crippen LogP contribution in [-0.2, 0) is 0 Å². The molecule has 104 valence electrons. The first-order valence-corrected chi connectivity index (χ1v) is 7.58. The van der Waals surface area contributed by atoms with Crippen molar-refractivity contribution in [1.29, 1.82) is 0 Å². The first kappa shape index (κ1) is 17.4. The molecule has 0 radical (unpaired) electrons. The van der Waals surface area contributed by atoms with Crippen molar-refractivity contribution < 1.29 is 17.3 Å². The molecule has 1 rings (SSSR count). The molecule has 0 atom stereocenters. The number of hydrogen-bond acceptors (Lipinski definition) is 0. The summed E-state index contributed by atoms with van der Waals surface area (Å²) in [7, 11) is -6.36. The van der Waals surface area contributed by atoms with Gasteiger partial charge in [-0.25, -0.2) is 0 Å². The lowest BCUT2D eigenvalue weighted by atomic mass is 10.3. The van der Waals surface area contributed by atoms with Crippen LogP contribution < -0.4 is 5.30 Å². The van der Waals surface area contributed by atoms with Gasteiger partial charge in [0, 0.05) is 7.92 Å². The van der Waals surface area contributed by atoms with E-state index in [1.54, 1.807) is 5.30 Å². The molecule has 1 aromatic rings. The molecule has 0 heterocycles. The lowest BCUT2D eigenvalue weighted by Crippen LogP contribution is -2.14. The van der Waals surface area contributed by atoms with Crippen molar-refractivity contribution in [3.63, 3.8) is 0 Å². The van der Waals surface area contributed by atoms with Gasteiger partial charge in [-0.15, -0.1) is 0 Å². The molecular formula is C12H20BF4P. The Bertz CT molecular complexity index is 311. The monoisotopic (exact) mass is 282 g/mol. The predicted molar refractivity (Wildman–Crippen MR) is 74.8 cm³/mol. The van der Waals surface area contributed by atoms with Gasteiger partial charge in [0.15, 0.2) is 0 Å². The molecule has 1 aromatic carbocycles. The summed E-state index contributed by atoms with van der Waals surface area (Å²) in [6.45, 7) is 9.39. The summed E-state index contributed by atoms with van der Waals surface area (Å²) in [6.07, 6.45) is 0. The fraction of sp³-hybridized carbons (Fsp3) is 0.500. The zero-order valence-electron chi connectivity index (χ0n) is 11.1. The first-order chi connectivity index (χ1) is 8.13. The van der Waals surface area contributed by atoms with E-state index in [1.165, 1.54) is 0 Å². The van der Waals surface area contributed by atoms with Gasteiger partial charge in [0.25, 0.3) is 0 Å². The highest BCUT2D eigenvalue weighted by Crippen LogP contribution is 2.44. The largest absolute Gasteiger partial charge is 0.673 e. The van der Waals surface area contributed by atoms with Crippen LogP contribution in [0.1, 0.15) is 27.7 Å². The van der Waals surface area contributed by atoms with E-state index in [9.17, 15) is 17.3 Å². The van der Waals surface area contributed by atoms with Crippen molar-refractivity contribution in [2.45, 2.75) is 39.0 Å². The van der Waals surface area contributed by atoms with Crippen molar-refractivity contribution in [1.82, 2.24) is 0 Å². The lowest BCUT2D eigenvalue weighted by molar-refractivity contribution is 0.368. The second-order valence-corrected chi connectivity index (χ2v) is 8.42. The molecule has 0 saturated carbocycles. The SMILES string of the molecule is CC(C)[PH+](c1ccccc1)C(C)C.F[B-](F)(F)F. The van der Waals surface area contributed by atoms with Crippen LogP contribution in [0.4, 0.5) is 17.3 Å². The topological polar surface area (TPSA) is 0 Å². The molecule has 0 aliphatic heterocycles. The summed E-state index contributed by atoms with van der Waals surface area (Å²) in [5.74, 6) is 0. The second kappa shape index (κ2) is 7.78. The molecule has 0 aromatic heterocycles. The molecule has 0 nitrogen and oxygen atoms in total. The highest BCUT2D eigenvalue weighted by atomic mass is 31.1. The van der Waals surface area contributed by atoms with Crippen LogP contribution in [0.15, 0.2) is 30.3 Å². The maximum absolute atomic E-state index is 9.75. The molecule has 0 bridgehead atoms. The van der Waals surface area contributed by atoms with E-state index in [0.717, 1.165) is 11.3 Å². The van der Waals surface area contributed by atoms with Crippen LogP contribution in [0.5, 0.6) is 0 Å². The third-order valence-corrected chi connectivity index (χ3v) is 5.84. The Hall–Kier alpha value is -0.565. The van der Waals surface area contributed by atoms with E-state index >= 15 is 0 Å². The minimum absolute atomic E-state index is 0.356. The van der Waals surface area contributed by atoms with E-state index in [1.807, 2.05) is 0 Å². The van der Waals surface area contributed by atoms with E-state index in [0.29, 0.717) is 0 Å². The van der Waals surface area contributed by atoms with Crippen LogP contribution in [0.2, 0.25) is 0 Å². The van der Waals surface area contributed by atoms with Crippen LogP contribution in [0.25, 0.3) is 0 Å². The Balaban J connectivity index is 0.000000494. The second-order valence-electron chi connectivity index (χ2n) is 4.63. The average Bonchev–Trinajstić information content (AvgIpc) is 2.15. The molecule has 6 heteroatoms. The molecule has 0 spiro atoms. The van der Waals surface area contributed by atoms with Crippen molar-refractivity contribution in [2.24, 2.45) is 0 Å². The molecule has 0 aliphatic rings. The number of benzene rings is 1. The molecule has 0 unspecified atom stereocenters. The van der Waals surface area contributed by atoms with Gasteiger partial charge in [-0.1, -0.05) is 18.2 Å². The van der Waals surface area contributed by atoms with Gasteiger partial charge in [0.2, 0.25) is 0 Å². The van der Waals surface area contributed by atoms with Gasteiger partial charge in [-0.2, -0.15) is 0 Å². The Morgan fingerprint density at radius 1 is 0.833 bits per heavy atom. The maximum Gasteiger partial charge on any atom is 0.673 e. The first-order valence-electron chi connectivity index (χ1n) is 5.92. The van der Waals surface area contributed by atoms with Crippen molar-refractivity contribution in [2.75, 3.05) is 0 Å². The molecule has 0 N–H and O–H groups in total. The molecule has 0 fully saturated rings. The highest BCUT2D eigenvalue weighted by molar-refractivity contribution is 7.66. The highest BCUT2D eigenvalue weighted by Gasteiger charge is 2.26. The van der Waals surface area contributed by atoms with E-state index < -0.39 is 7.25 Å². The minimum Gasteiger partial charge on any atom is -0.418 e. The van der Waals surface area contributed by atoms with Crippen molar-refractivity contribution in [3.8, 4) is 0 Å². The summed E-state index contributed by atoms with van der Waals surface area (Å²) in [5.41, 5.74) is 1.65. The number of hydrogen-bond donors (Lipinski definition) is 0. The predicted octanol–water partition coefficient (Wildman–Crippen LogP) is 4.64. The summed E-state index contributed by atoms with van der Waals surface area (Å²) in [5, 5.41) is 1.58. The zero-order chi connectivity index (χ0) is 14.3. The fourth-order valence-electron chi connectivity index (χ4n) is 1.96. The normalized spacial score (nSPS) is 11.7. The van der Waals surface area contributed by atoms with Gasteiger partial charge in [0.05, 0.1) is 16.6 Å². The zero-order valence-corrected chi connectivity index (χ0v) is 12.1. The number of halogens is 4. The third-order valence-electron chi connectivity index (χ3n) is 2.35. The molecule has 18 heavy (non-hydrogen) atoms. The van der Waals surface area contributed by atoms with Gasteiger partial charge < -0.3 is 17.3 Å². The van der Waals surface area contributed by atoms with E-state index in [4.69, 9.17) is 0 Å². The van der Waals surface area contributed by atoms with Gasteiger partial charge in [-0.05, 0) is 39.8 Å². The summed E-state index contributed by atoms with van der Waals surface area (Å²) in [4.78, 5) is 0. The fourth-order valence-corrected chi connectivity index (χ4v) is 5.21. The van der Waals surface area contributed by atoms with Crippen LogP contribution in [-0.4, -0.2) is 18.6 Å². The Morgan fingerprint density at radius 2 is 1.17 bits per heavy atom. The van der Waals surface area contributed by atoms with E-state index in [2.05, 4.69) is 58.0 Å². The van der Waals surface area contributed by atoms with Crippen LogP contribution in [0, 0.1) is 0 Å². The Kier molecular flexibility index (Phi) is 7.53. The molecule has 0 amide bonds. The van der Waals surface area contributed by atoms with Gasteiger partial charge in [-0.3, -0.25) is 0 Å².